The average Bonchev–Trinajstić information content (AvgIpc) is 2.67. The first-order valence-corrected chi connectivity index (χ1v) is 9.34. The molecule has 1 aromatic heterocycles. The third-order valence-corrected chi connectivity index (χ3v) is 4.78. The molecule has 6 nitrogen and oxygen atoms in total. The van der Waals surface area contributed by atoms with Gasteiger partial charge in [0.05, 0.1) is 0 Å². The Morgan fingerprint density at radius 2 is 1.67 bits per heavy atom. The number of carboxylic acid groups (broad SMARTS) is 1. The quantitative estimate of drug-likeness (QED) is 0.468. The minimum atomic E-state index is -1.06. The second-order valence-electron chi connectivity index (χ2n) is 6.02. The Labute approximate surface area is 162 Å². The van der Waals surface area contributed by atoms with E-state index in [0.717, 1.165) is 11.3 Å². The molecule has 3 aromatic rings. The van der Waals surface area contributed by atoms with Crippen LogP contribution in [0.25, 0.3) is 0 Å². The van der Waals surface area contributed by atoms with Crippen LogP contribution in [0.1, 0.15) is 15.9 Å². The number of nitrogens with zero attached hydrogens (tertiary/aromatic N) is 3. The normalized spacial score (nSPS) is 10.4. The molecule has 0 saturated heterocycles. The zero-order valence-corrected chi connectivity index (χ0v) is 15.9. The smallest absolute Gasteiger partial charge is 0.342 e. The van der Waals surface area contributed by atoms with Crippen LogP contribution in [0.15, 0.2) is 65.7 Å². The van der Waals surface area contributed by atoms with Crippen molar-refractivity contribution in [2.75, 3.05) is 24.3 Å². The first kappa shape index (κ1) is 18.7. The Hall–Kier alpha value is -3.06. The maximum atomic E-state index is 12.0. The molecule has 0 saturated carbocycles. The molecule has 2 aromatic carbocycles. The van der Waals surface area contributed by atoms with Crippen LogP contribution in [-0.4, -0.2) is 35.1 Å². The summed E-state index contributed by atoms with van der Waals surface area (Å²) in [5.41, 5.74) is 1.94. The molecule has 0 radical (unpaired) electrons. The van der Waals surface area contributed by atoms with Crippen LogP contribution in [0.4, 0.5) is 17.5 Å². The first-order chi connectivity index (χ1) is 13.0. The molecule has 0 bridgehead atoms. The van der Waals surface area contributed by atoms with Gasteiger partial charge >= 0.3 is 5.97 Å². The van der Waals surface area contributed by atoms with E-state index in [0.29, 0.717) is 16.7 Å². The van der Waals surface area contributed by atoms with Crippen molar-refractivity contribution in [3.05, 3.63) is 71.8 Å². The highest BCUT2D eigenvalue weighted by Gasteiger charge is 2.22. The molecular formula is C20H20N4O2S. The number of thioether (sulfide) groups is 1. The molecule has 0 aliphatic heterocycles. The van der Waals surface area contributed by atoms with Gasteiger partial charge in [-0.25, -0.2) is 9.78 Å². The number of para-hydroxylation sites is 1. The van der Waals surface area contributed by atoms with Crippen LogP contribution < -0.4 is 10.2 Å². The Bertz CT molecular complexity index is 918. The molecule has 1 heterocycles. The standard InChI is InChI=1S/C20H20N4O2S/c1-24(2)20-22-17(21-15-11-7-4-8-12-15)16(19(25)26)18(23-20)27-13-14-9-5-3-6-10-14/h3-12H,13H2,1-2H3,(H,25,26)(H,21,22,23). The summed E-state index contributed by atoms with van der Waals surface area (Å²) >= 11 is 1.39. The number of carboxylic acids is 1. The van der Waals surface area contributed by atoms with E-state index < -0.39 is 5.97 Å². The van der Waals surface area contributed by atoms with Crippen molar-refractivity contribution in [3.8, 4) is 0 Å². The number of hydrogen-bond acceptors (Lipinski definition) is 6. The second-order valence-corrected chi connectivity index (χ2v) is 6.98. The predicted molar refractivity (Wildman–Crippen MR) is 109 cm³/mol. The van der Waals surface area contributed by atoms with E-state index in [1.54, 1.807) is 4.90 Å². The molecule has 0 aliphatic rings. The van der Waals surface area contributed by atoms with Gasteiger partial charge in [-0.1, -0.05) is 48.5 Å². The van der Waals surface area contributed by atoms with Gasteiger partial charge in [-0.15, -0.1) is 11.8 Å². The average molecular weight is 380 g/mol. The van der Waals surface area contributed by atoms with Gasteiger partial charge in [0.15, 0.2) is 5.82 Å². The number of hydrogen-bond donors (Lipinski definition) is 2. The zero-order valence-electron chi connectivity index (χ0n) is 15.1. The molecule has 0 unspecified atom stereocenters. The summed E-state index contributed by atoms with van der Waals surface area (Å²) in [6.07, 6.45) is 0. The van der Waals surface area contributed by atoms with Gasteiger partial charge < -0.3 is 15.3 Å². The number of carbonyl (C=O) groups is 1. The van der Waals surface area contributed by atoms with E-state index in [1.807, 2.05) is 74.8 Å². The Morgan fingerprint density at radius 1 is 1.04 bits per heavy atom. The summed E-state index contributed by atoms with van der Waals surface area (Å²) in [7, 11) is 3.65. The van der Waals surface area contributed by atoms with Gasteiger partial charge in [-0.05, 0) is 17.7 Å². The minimum absolute atomic E-state index is 0.0744. The van der Waals surface area contributed by atoms with Crippen molar-refractivity contribution >= 4 is 35.2 Å². The number of aromatic nitrogens is 2. The molecule has 0 atom stereocenters. The van der Waals surface area contributed by atoms with Gasteiger partial charge in [0, 0.05) is 25.5 Å². The van der Waals surface area contributed by atoms with E-state index in [9.17, 15) is 9.90 Å². The SMILES string of the molecule is CN(C)c1nc(Nc2ccccc2)c(C(=O)O)c(SCc2ccccc2)n1. The summed E-state index contributed by atoms with van der Waals surface area (Å²) in [6.45, 7) is 0. The van der Waals surface area contributed by atoms with E-state index in [1.165, 1.54) is 11.8 Å². The van der Waals surface area contributed by atoms with Crippen LogP contribution in [0.2, 0.25) is 0 Å². The lowest BCUT2D eigenvalue weighted by Gasteiger charge is -2.17. The van der Waals surface area contributed by atoms with Crippen molar-refractivity contribution < 1.29 is 9.90 Å². The molecule has 138 valence electrons. The summed E-state index contributed by atoms with van der Waals surface area (Å²) < 4.78 is 0. The largest absolute Gasteiger partial charge is 0.477 e. The number of anilines is 3. The fraction of sp³-hybridized carbons (Fsp3) is 0.150. The predicted octanol–water partition coefficient (Wildman–Crippen LogP) is 4.28. The maximum Gasteiger partial charge on any atom is 0.342 e. The van der Waals surface area contributed by atoms with Gasteiger partial charge in [-0.3, -0.25) is 0 Å². The lowest BCUT2D eigenvalue weighted by atomic mass is 10.2. The van der Waals surface area contributed by atoms with Gasteiger partial charge in [0.25, 0.3) is 0 Å². The Balaban J connectivity index is 2.00. The molecule has 3 rings (SSSR count). The summed E-state index contributed by atoms with van der Waals surface area (Å²) in [6, 6.07) is 19.3. The molecular weight excluding hydrogens is 360 g/mol. The summed E-state index contributed by atoms with van der Waals surface area (Å²) in [4.78, 5) is 22.6. The molecule has 0 fully saturated rings. The van der Waals surface area contributed by atoms with Crippen molar-refractivity contribution in [2.24, 2.45) is 0 Å². The Kier molecular flexibility index (Phi) is 5.93. The van der Waals surface area contributed by atoms with Gasteiger partial charge in [0.1, 0.15) is 10.6 Å². The number of nitrogens with one attached hydrogen (secondary N) is 1. The first-order valence-electron chi connectivity index (χ1n) is 8.36. The van der Waals surface area contributed by atoms with Gasteiger partial charge in [0.2, 0.25) is 5.95 Å². The van der Waals surface area contributed by atoms with Crippen LogP contribution in [0.5, 0.6) is 0 Å². The van der Waals surface area contributed by atoms with E-state index >= 15 is 0 Å². The number of aromatic carboxylic acids is 1. The molecule has 27 heavy (non-hydrogen) atoms. The molecule has 2 N–H and O–H groups in total. The lowest BCUT2D eigenvalue weighted by Crippen LogP contribution is -2.17. The third kappa shape index (κ3) is 4.77. The van der Waals surface area contributed by atoms with Crippen molar-refractivity contribution in [1.82, 2.24) is 9.97 Å². The number of rotatable bonds is 7. The molecule has 0 amide bonds. The zero-order chi connectivity index (χ0) is 19.2. The highest BCUT2D eigenvalue weighted by molar-refractivity contribution is 7.98. The molecule has 0 aliphatic carbocycles. The van der Waals surface area contributed by atoms with Crippen LogP contribution in [0, 0.1) is 0 Å². The van der Waals surface area contributed by atoms with E-state index in [2.05, 4.69) is 15.3 Å². The van der Waals surface area contributed by atoms with Crippen molar-refractivity contribution in [2.45, 2.75) is 10.8 Å². The second kappa shape index (κ2) is 8.55. The van der Waals surface area contributed by atoms with Crippen molar-refractivity contribution in [1.29, 1.82) is 0 Å². The third-order valence-electron chi connectivity index (χ3n) is 3.73. The Morgan fingerprint density at radius 3 is 2.26 bits per heavy atom. The minimum Gasteiger partial charge on any atom is -0.477 e. The highest BCUT2D eigenvalue weighted by Crippen LogP contribution is 2.31. The fourth-order valence-corrected chi connectivity index (χ4v) is 3.37. The molecule has 0 spiro atoms. The monoisotopic (exact) mass is 380 g/mol. The maximum absolute atomic E-state index is 12.0. The van der Waals surface area contributed by atoms with Crippen LogP contribution >= 0.6 is 11.8 Å². The summed E-state index contributed by atoms with van der Waals surface area (Å²) in [5, 5.41) is 13.4. The topological polar surface area (TPSA) is 78.4 Å². The highest BCUT2D eigenvalue weighted by atomic mass is 32.2. The van der Waals surface area contributed by atoms with Crippen LogP contribution in [-0.2, 0) is 5.75 Å². The molecule has 7 heteroatoms. The number of benzene rings is 2. The lowest BCUT2D eigenvalue weighted by molar-refractivity contribution is 0.0693. The fourth-order valence-electron chi connectivity index (χ4n) is 2.40. The van der Waals surface area contributed by atoms with E-state index in [4.69, 9.17) is 0 Å². The van der Waals surface area contributed by atoms with Gasteiger partial charge in [-0.2, -0.15) is 4.98 Å². The van der Waals surface area contributed by atoms with Crippen LogP contribution in [0.3, 0.4) is 0 Å². The van der Waals surface area contributed by atoms with E-state index in [-0.39, 0.29) is 11.4 Å². The summed E-state index contributed by atoms with van der Waals surface area (Å²) in [5.74, 6) is 0.293. The van der Waals surface area contributed by atoms with Crippen molar-refractivity contribution in [3.63, 3.8) is 0 Å².